The lowest BCUT2D eigenvalue weighted by molar-refractivity contribution is 0.217. The predicted molar refractivity (Wildman–Crippen MR) is 187 cm³/mol. The number of para-hydroxylation sites is 1. The van der Waals surface area contributed by atoms with E-state index in [4.69, 9.17) is 4.42 Å². The molecule has 9 heteroatoms. The fourth-order valence-corrected chi connectivity index (χ4v) is 8.44. The first-order valence-corrected chi connectivity index (χ1v) is 16.1. The number of phenolic OH excluding ortho intramolecular Hbond substituents is 4. The Morgan fingerprint density at radius 2 is 1.24 bits per heavy atom. The Kier molecular flexibility index (Phi) is 5.81. The highest BCUT2D eigenvalue weighted by atomic mass is 16.4. The smallest absolute Gasteiger partial charge is 0.204 e. The standard InChI is InChI=1S/C41H30O9/c1-41(2)23-9-5-3-7-19(23)21-15-17(11-13-24(21)41)27-29-31(35(44)39(48)37(46)33(29)42)28(32-30(27)34(43)38(47)40(49)36(32)45)18-12-14-26-22(16-18)20-8-4-6-10-25(20)50-26/h3-16,27,29,42-49H,1-2H3. The number of fused-ring (bicyclic) bond motifs is 8. The maximum Gasteiger partial charge on any atom is 0.204 e. The van der Waals surface area contributed by atoms with E-state index in [1.54, 1.807) is 24.3 Å². The average Bonchev–Trinajstić information content (AvgIpc) is 3.61. The molecule has 50 heavy (non-hydrogen) atoms. The van der Waals surface area contributed by atoms with Crippen LogP contribution < -0.4 is 0 Å². The van der Waals surface area contributed by atoms with E-state index in [1.165, 1.54) is 0 Å². The molecule has 0 aliphatic heterocycles. The van der Waals surface area contributed by atoms with Crippen molar-refractivity contribution in [2.45, 2.75) is 25.2 Å². The number of aliphatic hydroxyl groups excluding tert-OH is 4. The van der Waals surface area contributed by atoms with E-state index >= 15 is 0 Å². The quantitative estimate of drug-likeness (QED) is 0.0662. The number of hydrogen-bond donors (Lipinski definition) is 8. The second-order valence-electron chi connectivity index (χ2n) is 13.6. The van der Waals surface area contributed by atoms with E-state index in [9.17, 15) is 40.9 Å². The van der Waals surface area contributed by atoms with Crippen molar-refractivity contribution >= 4 is 27.5 Å². The molecule has 6 aromatic rings. The summed E-state index contributed by atoms with van der Waals surface area (Å²) in [5, 5.41) is 91.9. The van der Waals surface area contributed by atoms with Crippen LogP contribution in [0.4, 0.5) is 0 Å². The summed E-state index contributed by atoms with van der Waals surface area (Å²) in [6.45, 7) is 4.23. The van der Waals surface area contributed by atoms with Crippen molar-refractivity contribution < 1.29 is 45.3 Å². The Labute approximate surface area is 284 Å². The van der Waals surface area contributed by atoms with Crippen LogP contribution in [-0.2, 0) is 5.41 Å². The van der Waals surface area contributed by atoms with E-state index in [0.29, 0.717) is 27.7 Å². The molecule has 1 aromatic heterocycles. The van der Waals surface area contributed by atoms with Crippen molar-refractivity contribution in [3.05, 3.63) is 147 Å². The topological polar surface area (TPSA) is 175 Å². The summed E-state index contributed by atoms with van der Waals surface area (Å²) < 4.78 is 6.01. The first-order valence-electron chi connectivity index (χ1n) is 16.1. The van der Waals surface area contributed by atoms with Crippen molar-refractivity contribution in [3.8, 4) is 34.1 Å². The molecule has 0 fully saturated rings. The summed E-state index contributed by atoms with van der Waals surface area (Å²) >= 11 is 0. The number of aromatic hydroxyl groups is 4. The van der Waals surface area contributed by atoms with Gasteiger partial charge in [0.2, 0.25) is 23.0 Å². The second kappa shape index (κ2) is 9.79. The summed E-state index contributed by atoms with van der Waals surface area (Å²) in [5.74, 6) is -9.47. The molecule has 0 saturated heterocycles. The molecule has 0 amide bonds. The molecule has 1 heterocycles. The largest absolute Gasteiger partial charge is 0.508 e. The molecule has 2 atom stereocenters. The third-order valence-corrected chi connectivity index (χ3v) is 10.8. The number of rotatable bonds is 2. The Morgan fingerprint density at radius 1 is 0.560 bits per heavy atom. The zero-order valence-electron chi connectivity index (χ0n) is 26.7. The first kappa shape index (κ1) is 29.6. The Bertz CT molecular complexity index is 2620. The van der Waals surface area contributed by atoms with Gasteiger partial charge >= 0.3 is 0 Å². The lowest BCUT2D eigenvalue weighted by Gasteiger charge is -2.40. The minimum atomic E-state index is -1.35. The number of benzene rings is 5. The third-order valence-electron chi connectivity index (χ3n) is 10.8. The van der Waals surface area contributed by atoms with Crippen molar-refractivity contribution in [1.82, 2.24) is 0 Å². The molecule has 3 aliphatic carbocycles. The first-order chi connectivity index (χ1) is 23.9. The van der Waals surface area contributed by atoms with E-state index in [-0.39, 0.29) is 27.7 Å². The van der Waals surface area contributed by atoms with Crippen LogP contribution in [0.5, 0.6) is 23.0 Å². The second-order valence-corrected chi connectivity index (χ2v) is 13.6. The van der Waals surface area contributed by atoms with E-state index in [2.05, 4.69) is 19.9 Å². The highest BCUT2D eigenvalue weighted by molar-refractivity contribution is 6.07. The van der Waals surface area contributed by atoms with Gasteiger partial charge in [-0.25, -0.2) is 0 Å². The number of phenols is 4. The van der Waals surface area contributed by atoms with Crippen LogP contribution in [0.3, 0.4) is 0 Å². The highest BCUT2D eigenvalue weighted by Gasteiger charge is 2.49. The van der Waals surface area contributed by atoms with Crippen molar-refractivity contribution in [3.63, 3.8) is 0 Å². The van der Waals surface area contributed by atoms with Gasteiger partial charge in [-0.3, -0.25) is 0 Å². The SMILES string of the molecule is CC1(C)c2ccccc2-c2cc(C3c4c(O)c(O)c(O)c(O)c4C(c4ccc5oc6ccccc6c5c4)=C4C(O)=C(O)C(O)=C(O)C43)ccc21. The highest BCUT2D eigenvalue weighted by Crippen LogP contribution is 2.63. The predicted octanol–water partition coefficient (Wildman–Crippen LogP) is 8.95. The Balaban J connectivity index is 1.40. The molecule has 0 spiro atoms. The van der Waals surface area contributed by atoms with Crippen LogP contribution in [0.1, 0.15) is 53.1 Å². The van der Waals surface area contributed by atoms with Gasteiger partial charge in [0.25, 0.3) is 0 Å². The number of hydrogen-bond acceptors (Lipinski definition) is 9. The van der Waals surface area contributed by atoms with Gasteiger partial charge in [-0.1, -0.05) is 80.6 Å². The van der Waals surface area contributed by atoms with Gasteiger partial charge < -0.3 is 45.3 Å². The van der Waals surface area contributed by atoms with Crippen LogP contribution in [0.2, 0.25) is 0 Å². The molecule has 8 N–H and O–H groups in total. The maximum atomic E-state index is 11.7. The zero-order chi connectivity index (χ0) is 35.0. The van der Waals surface area contributed by atoms with Gasteiger partial charge in [0.05, 0.1) is 5.92 Å². The monoisotopic (exact) mass is 666 g/mol. The molecule has 248 valence electrons. The van der Waals surface area contributed by atoms with E-state index in [1.807, 2.05) is 54.6 Å². The summed E-state index contributed by atoms with van der Waals surface area (Å²) in [5.41, 5.74) is 5.40. The maximum absolute atomic E-state index is 11.7. The molecular weight excluding hydrogens is 636 g/mol. The molecule has 0 saturated carbocycles. The number of furan rings is 1. The fourth-order valence-electron chi connectivity index (χ4n) is 8.44. The minimum Gasteiger partial charge on any atom is -0.508 e. The third kappa shape index (κ3) is 3.60. The van der Waals surface area contributed by atoms with Gasteiger partial charge in [-0.2, -0.15) is 0 Å². The summed E-state index contributed by atoms with van der Waals surface area (Å²) in [6.07, 6.45) is 0. The summed E-state index contributed by atoms with van der Waals surface area (Å²) in [7, 11) is 0. The Morgan fingerprint density at radius 3 is 2.04 bits per heavy atom. The molecule has 0 bridgehead atoms. The van der Waals surface area contributed by atoms with Gasteiger partial charge in [0.1, 0.15) is 16.9 Å². The Hall–Kier alpha value is -6.48. The molecule has 9 nitrogen and oxygen atoms in total. The molecule has 2 unspecified atom stereocenters. The van der Waals surface area contributed by atoms with Crippen molar-refractivity contribution in [2.24, 2.45) is 5.92 Å². The fraction of sp³-hybridized carbons (Fsp3) is 0.122. The van der Waals surface area contributed by atoms with Crippen LogP contribution in [0, 0.1) is 5.92 Å². The molecule has 3 aliphatic rings. The zero-order valence-corrected chi connectivity index (χ0v) is 26.7. The van der Waals surface area contributed by atoms with Crippen LogP contribution in [-0.4, -0.2) is 40.9 Å². The molecule has 0 radical (unpaired) electrons. The van der Waals surface area contributed by atoms with Gasteiger partial charge in [-0.05, 0) is 51.6 Å². The summed E-state index contributed by atoms with van der Waals surface area (Å²) in [4.78, 5) is 0. The van der Waals surface area contributed by atoms with E-state index in [0.717, 1.165) is 27.6 Å². The van der Waals surface area contributed by atoms with Crippen LogP contribution in [0.25, 0.3) is 38.6 Å². The van der Waals surface area contributed by atoms with Crippen LogP contribution in [0.15, 0.2) is 118 Å². The average molecular weight is 667 g/mol. The number of aliphatic hydroxyl groups is 4. The van der Waals surface area contributed by atoms with Gasteiger partial charge in [-0.15, -0.1) is 0 Å². The van der Waals surface area contributed by atoms with E-state index < -0.39 is 57.9 Å². The molecule has 5 aromatic carbocycles. The van der Waals surface area contributed by atoms with Gasteiger partial charge in [0, 0.05) is 44.4 Å². The number of allylic oxidation sites excluding steroid dienone is 2. The normalized spacial score (nSPS) is 19.2. The lowest BCUT2D eigenvalue weighted by Crippen LogP contribution is -2.30. The minimum absolute atomic E-state index is 0.0345. The van der Waals surface area contributed by atoms with Crippen LogP contribution >= 0.6 is 0 Å². The van der Waals surface area contributed by atoms with Crippen molar-refractivity contribution in [1.29, 1.82) is 0 Å². The summed E-state index contributed by atoms with van der Waals surface area (Å²) in [6, 6.07) is 26.0. The van der Waals surface area contributed by atoms with Crippen molar-refractivity contribution in [2.75, 3.05) is 0 Å². The lowest BCUT2D eigenvalue weighted by atomic mass is 9.64. The molecular formula is C41H30O9. The van der Waals surface area contributed by atoms with Gasteiger partial charge in [0.15, 0.2) is 17.3 Å². The molecule has 9 rings (SSSR count).